The summed E-state index contributed by atoms with van der Waals surface area (Å²) in [5.41, 5.74) is 6.69. The van der Waals surface area contributed by atoms with Crippen LogP contribution in [-0.2, 0) is 17.9 Å². The van der Waals surface area contributed by atoms with Crippen LogP contribution in [0.15, 0.2) is 55.2 Å². The predicted octanol–water partition coefficient (Wildman–Crippen LogP) is 2.99. The van der Waals surface area contributed by atoms with Crippen LogP contribution in [-0.4, -0.2) is 40.8 Å². The van der Waals surface area contributed by atoms with Gasteiger partial charge in [0, 0.05) is 36.8 Å². The largest absolute Gasteiger partial charge is 0.377 e. The summed E-state index contributed by atoms with van der Waals surface area (Å²) in [6, 6.07) is 10.2. The molecule has 0 radical (unpaired) electrons. The smallest absolute Gasteiger partial charge is 0.166 e. The van der Waals surface area contributed by atoms with Crippen molar-refractivity contribution in [1.29, 1.82) is 0 Å². The van der Waals surface area contributed by atoms with Crippen molar-refractivity contribution in [1.82, 2.24) is 33.7 Å². The molecule has 0 N–H and O–H groups in total. The van der Waals surface area contributed by atoms with E-state index in [1.165, 1.54) is 0 Å². The molecule has 0 saturated carbocycles. The van der Waals surface area contributed by atoms with Gasteiger partial charge in [-0.05, 0) is 37.1 Å². The molecule has 0 saturated heterocycles. The molecule has 0 atom stereocenters. The molecule has 0 fully saturated rings. The van der Waals surface area contributed by atoms with Gasteiger partial charge in [0.1, 0.15) is 24.3 Å². The second-order valence-corrected chi connectivity index (χ2v) is 7.75. The number of nitrogens with zero attached hydrogens (tertiary/aromatic N) is 7. The molecule has 8 nitrogen and oxygen atoms in total. The number of benzene rings is 1. The van der Waals surface area contributed by atoms with Gasteiger partial charge in [-0.25, -0.2) is 9.97 Å². The Morgan fingerprint density at radius 2 is 2.03 bits per heavy atom. The van der Waals surface area contributed by atoms with Crippen molar-refractivity contribution in [3.63, 3.8) is 0 Å². The second-order valence-electron chi connectivity index (χ2n) is 7.75. The molecule has 0 unspecified atom stereocenters. The molecule has 0 aliphatic carbocycles. The maximum absolute atomic E-state index is 5.36. The zero-order chi connectivity index (χ0) is 21.7. The summed E-state index contributed by atoms with van der Waals surface area (Å²) in [4.78, 5) is 8.93. The number of methoxy groups -OCH3 is 1. The molecule has 1 aliphatic rings. The number of rotatable bonds is 2. The third-order valence-electron chi connectivity index (χ3n) is 5.64. The number of aryl methyl sites for hydroxylation is 1. The van der Waals surface area contributed by atoms with Crippen LogP contribution in [0.3, 0.4) is 0 Å². The Morgan fingerprint density at radius 1 is 1.09 bits per heavy atom. The molecule has 1 aromatic carbocycles. The first-order chi connectivity index (χ1) is 15.7. The van der Waals surface area contributed by atoms with Gasteiger partial charge in [-0.1, -0.05) is 17.6 Å². The standard InChI is InChI=1S/C24H19N7O/c1-16-3-7-20-18(11-16)24-28-27-23(14-32-2)30(24)13-21-19(26-15-31(20)21)6-4-17-5-8-22-25-9-10-29(22)12-17/h3,5,7-12,15H,13-14H2,1-2H3. The van der Waals surface area contributed by atoms with Crippen molar-refractivity contribution >= 4 is 5.65 Å². The first-order valence-corrected chi connectivity index (χ1v) is 10.2. The van der Waals surface area contributed by atoms with Crippen molar-refractivity contribution in [2.45, 2.75) is 20.1 Å². The van der Waals surface area contributed by atoms with Gasteiger partial charge in [-0.3, -0.25) is 4.57 Å². The molecule has 0 spiro atoms. The number of hydrogen-bond acceptors (Lipinski definition) is 5. The van der Waals surface area contributed by atoms with E-state index in [0.29, 0.717) is 13.2 Å². The van der Waals surface area contributed by atoms with E-state index < -0.39 is 0 Å². The summed E-state index contributed by atoms with van der Waals surface area (Å²) < 4.78 is 11.5. The fourth-order valence-corrected chi connectivity index (χ4v) is 4.09. The highest BCUT2D eigenvalue weighted by atomic mass is 16.5. The van der Waals surface area contributed by atoms with E-state index in [9.17, 15) is 0 Å². The molecule has 0 bridgehead atoms. The molecule has 4 aromatic heterocycles. The zero-order valence-electron chi connectivity index (χ0n) is 17.6. The quantitative estimate of drug-likeness (QED) is 0.402. The summed E-state index contributed by atoms with van der Waals surface area (Å²) in [6.45, 7) is 3.01. The molecule has 5 aromatic rings. The average Bonchev–Trinajstić information content (AvgIpc) is 3.50. The lowest BCUT2D eigenvalue weighted by atomic mass is 10.1. The number of hydrogen-bond donors (Lipinski definition) is 0. The Balaban J connectivity index is 1.50. The Bertz CT molecular complexity index is 1540. The van der Waals surface area contributed by atoms with Crippen molar-refractivity contribution in [2.24, 2.45) is 0 Å². The maximum Gasteiger partial charge on any atom is 0.166 e. The molecule has 5 heterocycles. The number of pyridine rings is 1. The minimum atomic E-state index is 0.383. The SMILES string of the molecule is COCc1nnc2n1Cc1c(C#Cc3ccc4nccn4c3)ncn1-c1ccc(C)cc1-2. The molecule has 6 rings (SSSR count). The fraction of sp³-hybridized carbons (Fsp3) is 0.167. The molecule has 8 heteroatoms. The van der Waals surface area contributed by atoms with Crippen molar-refractivity contribution < 1.29 is 4.74 Å². The van der Waals surface area contributed by atoms with E-state index in [4.69, 9.17) is 4.74 Å². The lowest BCUT2D eigenvalue weighted by Gasteiger charge is -2.08. The molecule has 32 heavy (non-hydrogen) atoms. The van der Waals surface area contributed by atoms with Crippen molar-refractivity contribution in [2.75, 3.05) is 7.11 Å². The monoisotopic (exact) mass is 421 g/mol. The van der Waals surface area contributed by atoms with E-state index in [1.807, 2.05) is 35.3 Å². The molecular weight excluding hydrogens is 402 g/mol. The van der Waals surface area contributed by atoms with Gasteiger partial charge < -0.3 is 13.7 Å². The van der Waals surface area contributed by atoms with E-state index >= 15 is 0 Å². The summed E-state index contributed by atoms with van der Waals surface area (Å²) >= 11 is 0. The minimum Gasteiger partial charge on any atom is -0.377 e. The summed E-state index contributed by atoms with van der Waals surface area (Å²) in [5, 5.41) is 8.86. The highest BCUT2D eigenvalue weighted by Crippen LogP contribution is 2.33. The number of ether oxygens (including phenoxy) is 1. The van der Waals surface area contributed by atoms with Crippen LogP contribution >= 0.6 is 0 Å². The highest BCUT2D eigenvalue weighted by molar-refractivity contribution is 5.70. The number of imidazole rings is 2. The Morgan fingerprint density at radius 3 is 2.94 bits per heavy atom. The first-order valence-electron chi connectivity index (χ1n) is 10.2. The van der Waals surface area contributed by atoms with Gasteiger partial charge in [0.2, 0.25) is 0 Å². The van der Waals surface area contributed by atoms with Gasteiger partial charge in [0.15, 0.2) is 11.6 Å². The van der Waals surface area contributed by atoms with E-state index in [1.54, 1.807) is 13.3 Å². The zero-order valence-corrected chi connectivity index (χ0v) is 17.6. The van der Waals surface area contributed by atoms with Gasteiger partial charge in [-0.15, -0.1) is 10.2 Å². The topological polar surface area (TPSA) is 75.1 Å². The van der Waals surface area contributed by atoms with Crippen LogP contribution in [0.1, 0.15) is 28.3 Å². The minimum absolute atomic E-state index is 0.383. The van der Waals surface area contributed by atoms with Crippen molar-refractivity contribution in [3.8, 4) is 28.9 Å². The molecule has 1 aliphatic heterocycles. The fourth-order valence-electron chi connectivity index (χ4n) is 4.09. The van der Waals surface area contributed by atoms with Gasteiger partial charge >= 0.3 is 0 Å². The van der Waals surface area contributed by atoms with E-state index in [-0.39, 0.29) is 0 Å². The highest BCUT2D eigenvalue weighted by Gasteiger charge is 2.25. The Kier molecular flexibility index (Phi) is 4.16. The first kappa shape index (κ1) is 18.5. The van der Waals surface area contributed by atoms with Crippen LogP contribution in [0.4, 0.5) is 0 Å². The predicted molar refractivity (Wildman–Crippen MR) is 118 cm³/mol. The average molecular weight is 421 g/mol. The summed E-state index contributed by atoms with van der Waals surface area (Å²) in [6.07, 6.45) is 7.49. The van der Waals surface area contributed by atoms with Gasteiger partial charge in [0.25, 0.3) is 0 Å². The molecule has 0 amide bonds. The summed E-state index contributed by atoms with van der Waals surface area (Å²) in [7, 11) is 1.66. The Labute approximate surface area is 184 Å². The van der Waals surface area contributed by atoms with Crippen molar-refractivity contribution in [3.05, 3.63) is 83.6 Å². The Hall–Kier alpha value is -4.22. The molecular formula is C24H19N7O. The van der Waals surface area contributed by atoms with Crippen LogP contribution in [0.2, 0.25) is 0 Å². The second kappa shape index (κ2) is 7.18. The maximum atomic E-state index is 5.36. The van der Waals surface area contributed by atoms with Gasteiger partial charge in [-0.2, -0.15) is 0 Å². The third-order valence-corrected chi connectivity index (χ3v) is 5.64. The van der Waals surface area contributed by atoms with Crippen LogP contribution in [0.5, 0.6) is 0 Å². The van der Waals surface area contributed by atoms with Crippen LogP contribution < -0.4 is 0 Å². The van der Waals surface area contributed by atoms with Crippen LogP contribution in [0.25, 0.3) is 22.7 Å². The summed E-state index contributed by atoms with van der Waals surface area (Å²) in [5.74, 6) is 8.12. The lowest BCUT2D eigenvalue weighted by Crippen LogP contribution is -2.09. The third kappa shape index (κ3) is 2.91. The lowest BCUT2D eigenvalue weighted by molar-refractivity contribution is 0.174. The normalized spacial score (nSPS) is 11.9. The number of aromatic nitrogens is 7. The molecule has 156 valence electrons. The van der Waals surface area contributed by atoms with E-state index in [0.717, 1.165) is 51.1 Å². The van der Waals surface area contributed by atoms with Gasteiger partial charge in [0.05, 0.1) is 17.9 Å². The van der Waals surface area contributed by atoms with Crippen LogP contribution in [0, 0.1) is 18.8 Å². The van der Waals surface area contributed by atoms with E-state index in [2.05, 4.69) is 66.3 Å². The number of fused-ring (bicyclic) bond motifs is 6.